The van der Waals surface area contributed by atoms with E-state index in [9.17, 15) is 18.0 Å². The van der Waals surface area contributed by atoms with Gasteiger partial charge in [-0.2, -0.15) is 0 Å². The molecule has 136 valence electrons. The summed E-state index contributed by atoms with van der Waals surface area (Å²) >= 11 is 5.95. The molecule has 0 bridgehead atoms. The molecule has 0 saturated heterocycles. The molecule has 0 aromatic heterocycles. The number of carboxylic acid groups (broad SMARTS) is 1. The van der Waals surface area contributed by atoms with E-state index in [1.807, 2.05) is 0 Å². The normalized spacial score (nSPS) is 14.1. The molecule has 0 atom stereocenters. The number of carbonyl (C=O) groups is 2. The van der Waals surface area contributed by atoms with Crippen LogP contribution in [0.1, 0.15) is 22.3 Å². The number of carboxylic acids is 1. The van der Waals surface area contributed by atoms with Crippen molar-refractivity contribution < 1.29 is 23.1 Å². The second kappa shape index (κ2) is 6.62. The maximum Gasteiger partial charge on any atom is 0.335 e. The fraction of sp³-hybridized carbons (Fsp3) is 0.176. The quantitative estimate of drug-likeness (QED) is 0.829. The van der Waals surface area contributed by atoms with E-state index >= 15 is 0 Å². The molecule has 0 saturated carbocycles. The Hall–Kier alpha value is -2.58. The first-order valence-electron chi connectivity index (χ1n) is 7.64. The standard InChI is InChI=1S/C17H15ClN2O5S/c1-20-14-5-4-12(8-10(14)3-7-16(20)21)19-26(24,25)15-6-2-11(17(22)23)9-13(15)18/h2,4-6,8-9,19H,3,7H2,1H3,(H,22,23). The second-order valence-electron chi connectivity index (χ2n) is 5.85. The number of fused-ring (bicyclic) bond motifs is 1. The van der Waals surface area contributed by atoms with Gasteiger partial charge < -0.3 is 10.0 Å². The number of anilines is 2. The Labute approximate surface area is 155 Å². The number of aryl methyl sites for hydroxylation is 1. The van der Waals surface area contributed by atoms with Gasteiger partial charge in [-0.25, -0.2) is 13.2 Å². The van der Waals surface area contributed by atoms with Crippen LogP contribution in [0.3, 0.4) is 0 Å². The van der Waals surface area contributed by atoms with Crippen molar-refractivity contribution in [2.24, 2.45) is 0 Å². The summed E-state index contributed by atoms with van der Waals surface area (Å²) in [5, 5.41) is 8.76. The van der Waals surface area contributed by atoms with Crippen LogP contribution >= 0.6 is 11.6 Å². The third kappa shape index (κ3) is 3.38. The van der Waals surface area contributed by atoms with E-state index in [0.717, 1.165) is 23.4 Å². The largest absolute Gasteiger partial charge is 0.478 e. The number of carbonyl (C=O) groups excluding carboxylic acids is 1. The maximum atomic E-state index is 12.6. The molecule has 0 fully saturated rings. The summed E-state index contributed by atoms with van der Waals surface area (Å²) in [6.07, 6.45) is 0.893. The Balaban J connectivity index is 1.91. The van der Waals surface area contributed by atoms with Gasteiger partial charge in [-0.15, -0.1) is 0 Å². The minimum absolute atomic E-state index is 0.0103. The minimum Gasteiger partial charge on any atom is -0.478 e. The van der Waals surface area contributed by atoms with Crippen molar-refractivity contribution in [3.8, 4) is 0 Å². The molecule has 1 heterocycles. The molecule has 2 aromatic rings. The molecule has 1 aliphatic heterocycles. The van der Waals surface area contributed by atoms with Crippen LogP contribution in [0.2, 0.25) is 5.02 Å². The van der Waals surface area contributed by atoms with Crippen molar-refractivity contribution in [2.45, 2.75) is 17.7 Å². The predicted octanol–water partition coefficient (Wildman–Crippen LogP) is 2.75. The summed E-state index contributed by atoms with van der Waals surface area (Å²) in [7, 11) is -2.32. The van der Waals surface area contributed by atoms with E-state index in [1.165, 1.54) is 6.07 Å². The van der Waals surface area contributed by atoms with Gasteiger partial charge in [0.05, 0.1) is 10.6 Å². The highest BCUT2D eigenvalue weighted by atomic mass is 35.5. The lowest BCUT2D eigenvalue weighted by Gasteiger charge is -2.26. The third-order valence-corrected chi connectivity index (χ3v) is 6.01. The van der Waals surface area contributed by atoms with Crippen molar-refractivity contribution in [3.05, 3.63) is 52.5 Å². The van der Waals surface area contributed by atoms with Gasteiger partial charge in [0.25, 0.3) is 10.0 Å². The smallest absolute Gasteiger partial charge is 0.335 e. The average molecular weight is 395 g/mol. The van der Waals surface area contributed by atoms with Gasteiger partial charge in [0.2, 0.25) is 5.91 Å². The van der Waals surface area contributed by atoms with Crippen LogP contribution in [0.25, 0.3) is 0 Å². The van der Waals surface area contributed by atoms with Crippen molar-refractivity contribution in [2.75, 3.05) is 16.7 Å². The number of amides is 1. The summed E-state index contributed by atoms with van der Waals surface area (Å²) in [6, 6.07) is 8.33. The molecule has 2 N–H and O–H groups in total. The van der Waals surface area contributed by atoms with Crippen LogP contribution in [-0.2, 0) is 21.2 Å². The zero-order chi connectivity index (χ0) is 19.1. The summed E-state index contributed by atoms with van der Waals surface area (Å²) in [4.78, 5) is 24.0. The average Bonchev–Trinajstić information content (AvgIpc) is 2.57. The molecule has 7 nitrogen and oxygen atoms in total. The molecule has 0 spiro atoms. The van der Waals surface area contributed by atoms with Crippen molar-refractivity contribution >= 4 is 44.9 Å². The van der Waals surface area contributed by atoms with Crippen LogP contribution in [0.15, 0.2) is 41.3 Å². The fourth-order valence-corrected chi connectivity index (χ4v) is 4.38. The number of halogens is 1. The Morgan fingerprint density at radius 3 is 2.58 bits per heavy atom. The Kier molecular flexibility index (Phi) is 4.64. The van der Waals surface area contributed by atoms with Crippen molar-refractivity contribution in [3.63, 3.8) is 0 Å². The number of nitrogens with zero attached hydrogens (tertiary/aromatic N) is 1. The highest BCUT2D eigenvalue weighted by Crippen LogP contribution is 2.31. The molecular formula is C17H15ClN2O5S. The first kappa shape index (κ1) is 18.2. The Bertz CT molecular complexity index is 1020. The lowest BCUT2D eigenvalue weighted by atomic mass is 10.0. The topological polar surface area (TPSA) is 104 Å². The van der Waals surface area contributed by atoms with E-state index in [2.05, 4.69) is 4.72 Å². The highest BCUT2D eigenvalue weighted by molar-refractivity contribution is 7.92. The molecule has 1 aliphatic rings. The number of nitrogens with one attached hydrogen (secondary N) is 1. The van der Waals surface area contributed by atoms with Gasteiger partial charge in [-0.3, -0.25) is 9.52 Å². The number of aromatic carboxylic acids is 1. The minimum atomic E-state index is -3.99. The van der Waals surface area contributed by atoms with Gasteiger partial charge in [0, 0.05) is 24.8 Å². The summed E-state index contributed by atoms with van der Waals surface area (Å²) < 4.78 is 27.6. The molecule has 0 aliphatic carbocycles. The molecule has 9 heteroatoms. The molecule has 0 radical (unpaired) electrons. The Morgan fingerprint density at radius 2 is 1.92 bits per heavy atom. The zero-order valence-electron chi connectivity index (χ0n) is 13.7. The monoisotopic (exact) mass is 394 g/mol. The van der Waals surface area contributed by atoms with Gasteiger partial charge in [-0.05, 0) is 48.4 Å². The molecular weight excluding hydrogens is 380 g/mol. The van der Waals surface area contributed by atoms with Crippen LogP contribution in [0.5, 0.6) is 0 Å². The van der Waals surface area contributed by atoms with E-state index in [4.69, 9.17) is 16.7 Å². The van der Waals surface area contributed by atoms with E-state index in [1.54, 1.807) is 30.1 Å². The van der Waals surface area contributed by atoms with Crippen LogP contribution < -0.4 is 9.62 Å². The molecule has 26 heavy (non-hydrogen) atoms. The van der Waals surface area contributed by atoms with Crippen LogP contribution in [0, 0.1) is 0 Å². The Morgan fingerprint density at radius 1 is 1.19 bits per heavy atom. The van der Waals surface area contributed by atoms with Gasteiger partial charge in [0.15, 0.2) is 0 Å². The first-order chi connectivity index (χ1) is 12.2. The number of hydrogen-bond acceptors (Lipinski definition) is 4. The third-order valence-electron chi connectivity index (χ3n) is 4.14. The molecule has 3 rings (SSSR count). The summed E-state index contributed by atoms with van der Waals surface area (Å²) in [6.45, 7) is 0. The van der Waals surface area contributed by atoms with Crippen molar-refractivity contribution in [1.82, 2.24) is 0 Å². The van der Waals surface area contributed by atoms with Crippen LogP contribution in [0.4, 0.5) is 11.4 Å². The molecule has 1 amide bonds. The predicted molar refractivity (Wildman–Crippen MR) is 97.4 cm³/mol. The van der Waals surface area contributed by atoms with Gasteiger partial charge in [-0.1, -0.05) is 11.6 Å². The number of benzene rings is 2. The first-order valence-corrected chi connectivity index (χ1v) is 9.50. The summed E-state index contributed by atoms with van der Waals surface area (Å²) in [5.74, 6) is -1.19. The SMILES string of the molecule is CN1C(=O)CCc2cc(NS(=O)(=O)c3ccc(C(=O)O)cc3Cl)ccc21. The van der Waals surface area contributed by atoms with Crippen molar-refractivity contribution in [1.29, 1.82) is 0 Å². The second-order valence-corrected chi connectivity index (χ2v) is 7.91. The number of rotatable bonds is 4. The number of sulfonamides is 1. The van der Waals surface area contributed by atoms with E-state index in [-0.39, 0.29) is 21.4 Å². The lowest BCUT2D eigenvalue weighted by molar-refractivity contribution is -0.118. The van der Waals surface area contributed by atoms with Gasteiger partial charge >= 0.3 is 5.97 Å². The zero-order valence-corrected chi connectivity index (χ0v) is 15.3. The number of hydrogen-bond donors (Lipinski definition) is 2. The van der Waals surface area contributed by atoms with E-state index < -0.39 is 16.0 Å². The lowest BCUT2D eigenvalue weighted by Crippen LogP contribution is -2.31. The maximum absolute atomic E-state index is 12.6. The van der Waals surface area contributed by atoms with E-state index in [0.29, 0.717) is 18.5 Å². The molecule has 0 unspecified atom stereocenters. The summed E-state index contributed by atoms with van der Waals surface area (Å²) in [5.41, 5.74) is 1.84. The highest BCUT2D eigenvalue weighted by Gasteiger charge is 2.23. The van der Waals surface area contributed by atoms with Gasteiger partial charge in [0.1, 0.15) is 4.90 Å². The molecule has 2 aromatic carbocycles. The van der Waals surface area contributed by atoms with Crippen LogP contribution in [-0.4, -0.2) is 32.4 Å². The fourth-order valence-electron chi connectivity index (χ4n) is 2.78.